The van der Waals surface area contributed by atoms with Gasteiger partial charge in [0.2, 0.25) is 10.0 Å². The van der Waals surface area contributed by atoms with Crippen molar-refractivity contribution in [1.29, 1.82) is 0 Å². The van der Waals surface area contributed by atoms with E-state index in [-0.39, 0.29) is 10.8 Å². The van der Waals surface area contributed by atoms with Gasteiger partial charge >= 0.3 is 0 Å². The Labute approximate surface area is 139 Å². The van der Waals surface area contributed by atoms with Crippen LogP contribution in [0, 0.1) is 0 Å². The van der Waals surface area contributed by atoms with E-state index in [9.17, 15) is 13.2 Å². The first kappa shape index (κ1) is 16.2. The van der Waals surface area contributed by atoms with Gasteiger partial charge in [0.25, 0.3) is 5.91 Å². The molecule has 0 radical (unpaired) electrons. The first-order chi connectivity index (χ1) is 11.4. The summed E-state index contributed by atoms with van der Waals surface area (Å²) in [4.78, 5) is 16.4. The zero-order valence-electron chi connectivity index (χ0n) is 12.7. The van der Waals surface area contributed by atoms with Crippen LogP contribution in [0.25, 0.3) is 5.65 Å². The number of amides is 1. The highest BCUT2D eigenvalue weighted by Gasteiger charge is 2.10. The normalized spacial score (nSPS) is 11.5. The second kappa shape index (κ2) is 6.42. The number of nitrogens with two attached hydrogens (primary N) is 1. The second-order valence-electron chi connectivity index (χ2n) is 5.29. The number of nitrogens with zero attached hydrogens (tertiary/aromatic N) is 2. The number of aromatic nitrogens is 2. The third kappa shape index (κ3) is 3.61. The largest absolute Gasteiger partial charge is 0.350 e. The van der Waals surface area contributed by atoms with E-state index in [0.717, 1.165) is 5.56 Å². The smallest absolute Gasteiger partial charge is 0.271 e. The Hall–Kier alpha value is -2.71. The maximum atomic E-state index is 12.1. The third-order valence-electron chi connectivity index (χ3n) is 3.55. The maximum absolute atomic E-state index is 12.1. The van der Waals surface area contributed by atoms with Gasteiger partial charge in [-0.3, -0.25) is 4.79 Å². The van der Waals surface area contributed by atoms with E-state index in [1.54, 1.807) is 22.7 Å². The molecule has 0 unspecified atom stereocenters. The highest BCUT2D eigenvalue weighted by Crippen LogP contribution is 2.09. The molecule has 0 atom stereocenters. The standard InChI is InChI=1S/C16H16N4O3S/c17-24(22,23)13-6-4-12(5-7-13)8-9-18-16(21)14-11-20-10-2-1-3-15(20)19-14/h1-7,10-11H,8-9H2,(H,18,21)(H2,17,22,23). The van der Waals surface area contributed by atoms with Crippen LogP contribution in [0.4, 0.5) is 0 Å². The third-order valence-corrected chi connectivity index (χ3v) is 4.48. The molecule has 124 valence electrons. The SMILES string of the molecule is NS(=O)(=O)c1ccc(CCNC(=O)c2cn3ccccc3n2)cc1. The average Bonchev–Trinajstić information content (AvgIpc) is 2.98. The summed E-state index contributed by atoms with van der Waals surface area (Å²) in [7, 11) is -3.68. The number of hydrogen-bond acceptors (Lipinski definition) is 4. The van der Waals surface area contributed by atoms with Gasteiger partial charge in [-0.1, -0.05) is 18.2 Å². The fourth-order valence-corrected chi connectivity index (χ4v) is 2.82. The molecule has 3 N–H and O–H groups in total. The first-order valence-electron chi connectivity index (χ1n) is 7.27. The number of fused-ring (bicyclic) bond motifs is 1. The lowest BCUT2D eigenvalue weighted by molar-refractivity contribution is 0.0949. The van der Waals surface area contributed by atoms with Crippen molar-refractivity contribution < 1.29 is 13.2 Å². The Morgan fingerprint density at radius 3 is 2.58 bits per heavy atom. The molecule has 0 aliphatic carbocycles. The molecule has 7 nitrogen and oxygen atoms in total. The lowest BCUT2D eigenvalue weighted by Gasteiger charge is -2.04. The first-order valence-corrected chi connectivity index (χ1v) is 8.82. The number of nitrogens with one attached hydrogen (secondary N) is 1. The van der Waals surface area contributed by atoms with Crippen LogP contribution in [0.5, 0.6) is 0 Å². The summed E-state index contributed by atoms with van der Waals surface area (Å²) in [5, 5.41) is 7.84. The van der Waals surface area contributed by atoms with Crippen molar-refractivity contribution in [1.82, 2.24) is 14.7 Å². The summed E-state index contributed by atoms with van der Waals surface area (Å²) >= 11 is 0. The summed E-state index contributed by atoms with van der Waals surface area (Å²) in [5.41, 5.74) is 1.96. The zero-order chi connectivity index (χ0) is 17.2. The molecule has 1 aromatic carbocycles. The molecule has 2 aromatic heterocycles. The molecule has 3 aromatic rings. The average molecular weight is 344 g/mol. The molecule has 24 heavy (non-hydrogen) atoms. The van der Waals surface area contributed by atoms with Gasteiger partial charge in [0, 0.05) is 18.9 Å². The van der Waals surface area contributed by atoms with E-state index in [1.165, 1.54) is 12.1 Å². The van der Waals surface area contributed by atoms with E-state index < -0.39 is 10.0 Å². The number of primary sulfonamides is 1. The minimum atomic E-state index is -3.68. The van der Waals surface area contributed by atoms with Gasteiger partial charge in [-0.25, -0.2) is 18.5 Å². The van der Waals surface area contributed by atoms with E-state index in [0.29, 0.717) is 24.3 Å². The second-order valence-corrected chi connectivity index (χ2v) is 6.85. The fourth-order valence-electron chi connectivity index (χ4n) is 2.30. The molecule has 2 heterocycles. The van der Waals surface area contributed by atoms with Gasteiger partial charge in [0.15, 0.2) is 0 Å². The molecule has 0 fully saturated rings. The number of carbonyl (C=O) groups is 1. The topological polar surface area (TPSA) is 107 Å². The number of imidazole rings is 1. The number of benzene rings is 1. The highest BCUT2D eigenvalue weighted by atomic mass is 32.2. The van der Waals surface area contributed by atoms with Gasteiger partial charge in [-0.05, 0) is 36.2 Å². The number of sulfonamides is 1. The summed E-state index contributed by atoms with van der Waals surface area (Å²) < 4.78 is 24.2. The van der Waals surface area contributed by atoms with Crippen LogP contribution in [0.15, 0.2) is 59.8 Å². The van der Waals surface area contributed by atoms with Crippen molar-refractivity contribution in [2.24, 2.45) is 5.14 Å². The maximum Gasteiger partial charge on any atom is 0.271 e. The molecular weight excluding hydrogens is 328 g/mol. The van der Waals surface area contributed by atoms with Crippen LogP contribution >= 0.6 is 0 Å². The van der Waals surface area contributed by atoms with E-state index in [4.69, 9.17) is 5.14 Å². The molecule has 0 saturated heterocycles. The lowest BCUT2D eigenvalue weighted by atomic mass is 10.1. The Kier molecular flexibility index (Phi) is 4.32. The molecule has 3 rings (SSSR count). The minimum Gasteiger partial charge on any atom is -0.350 e. The number of rotatable bonds is 5. The summed E-state index contributed by atoms with van der Waals surface area (Å²) in [6.07, 6.45) is 4.07. The van der Waals surface area contributed by atoms with Crippen LogP contribution in [0.3, 0.4) is 0 Å². The van der Waals surface area contributed by atoms with Gasteiger partial charge in [0.1, 0.15) is 11.3 Å². The van der Waals surface area contributed by atoms with Crippen LogP contribution in [0.1, 0.15) is 16.1 Å². The van der Waals surface area contributed by atoms with Crippen LogP contribution < -0.4 is 10.5 Å². The van der Waals surface area contributed by atoms with Gasteiger partial charge in [-0.15, -0.1) is 0 Å². The Bertz CT molecular complexity index is 945. The summed E-state index contributed by atoms with van der Waals surface area (Å²) in [6, 6.07) is 11.8. The van der Waals surface area contributed by atoms with E-state index in [2.05, 4.69) is 10.3 Å². The van der Waals surface area contributed by atoms with Crippen molar-refractivity contribution in [2.45, 2.75) is 11.3 Å². The van der Waals surface area contributed by atoms with Crippen molar-refractivity contribution in [3.8, 4) is 0 Å². The quantitative estimate of drug-likeness (QED) is 0.719. The van der Waals surface area contributed by atoms with Crippen molar-refractivity contribution in [3.63, 3.8) is 0 Å². The summed E-state index contributed by atoms with van der Waals surface area (Å²) in [6.45, 7) is 0.418. The number of carbonyl (C=O) groups excluding carboxylic acids is 1. The lowest BCUT2D eigenvalue weighted by Crippen LogP contribution is -2.26. The molecule has 0 spiro atoms. The molecule has 8 heteroatoms. The zero-order valence-corrected chi connectivity index (χ0v) is 13.5. The van der Waals surface area contributed by atoms with Crippen LogP contribution in [-0.2, 0) is 16.4 Å². The summed E-state index contributed by atoms with van der Waals surface area (Å²) in [5.74, 6) is -0.250. The van der Waals surface area contributed by atoms with Gasteiger partial charge in [-0.2, -0.15) is 0 Å². The Balaban J connectivity index is 1.58. The molecule has 0 bridgehead atoms. The van der Waals surface area contributed by atoms with E-state index in [1.807, 2.05) is 24.4 Å². The van der Waals surface area contributed by atoms with Crippen LogP contribution in [0.2, 0.25) is 0 Å². The van der Waals surface area contributed by atoms with Crippen molar-refractivity contribution >= 4 is 21.6 Å². The molecular formula is C16H16N4O3S. The molecule has 1 amide bonds. The number of pyridine rings is 1. The Morgan fingerprint density at radius 1 is 1.17 bits per heavy atom. The highest BCUT2D eigenvalue weighted by molar-refractivity contribution is 7.89. The molecule has 0 aliphatic heterocycles. The predicted octanol–water partition coefficient (Wildman–Crippen LogP) is 0.954. The minimum absolute atomic E-state index is 0.0694. The van der Waals surface area contributed by atoms with Crippen molar-refractivity contribution in [2.75, 3.05) is 6.54 Å². The van der Waals surface area contributed by atoms with E-state index >= 15 is 0 Å². The monoisotopic (exact) mass is 344 g/mol. The van der Waals surface area contributed by atoms with Gasteiger partial charge in [0.05, 0.1) is 4.90 Å². The molecule has 0 saturated carbocycles. The fraction of sp³-hybridized carbons (Fsp3) is 0.125. The number of hydrogen-bond donors (Lipinski definition) is 2. The molecule has 0 aliphatic rings. The van der Waals surface area contributed by atoms with Gasteiger partial charge < -0.3 is 9.72 Å². The van der Waals surface area contributed by atoms with Crippen LogP contribution in [-0.4, -0.2) is 30.3 Å². The predicted molar refractivity (Wildman–Crippen MR) is 89.0 cm³/mol. The van der Waals surface area contributed by atoms with Crippen molar-refractivity contribution in [3.05, 3.63) is 66.1 Å². The Morgan fingerprint density at radius 2 is 1.92 bits per heavy atom.